The van der Waals surface area contributed by atoms with Crippen molar-refractivity contribution >= 4 is 58.7 Å². The molecule has 2 aromatic rings. The maximum Gasteiger partial charge on any atom is 0.191 e. The summed E-state index contributed by atoms with van der Waals surface area (Å²) in [6.07, 6.45) is 5.33. The van der Waals surface area contributed by atoms with Crippen LogP contribution in [-0.4, -0.2) is 62.2 Å². The topological polar surface area (TPSA) is 55.8 Å². The summed E-state index contributed by atoms with van der Waals surface area (Å²) < 4.78 is 0. The third-order valence-electron chi connectivity index (χ3n) is 6.16. The molecule has 2 N–H and O–H groups in total. The smallest absolute Gasteiger partial charge is 0.191 e. The predicted octanol–water partition coefficient (Wildman–Crippen LogP) is 4.24. The molecule has 2 fully saturated rings. The van der Waals surface area contributed by atoms with Crippen LogP contribution in [0.2, 0.25) is 5.02 Å². The van der Waals surface area contributed by atoms with Gasteiger partial charge in [-0.15, -0.1) is 35.3 Å². The molecule has 2 aliphatic rings. The molecule has 6 nitrogen and oxygen atoms in total. The lowest BCUT2D eigenvalue weighted by Gasteiger charge is -2.39. The highest BCUT2D eigenvalue weighted by Crippen LogP contribution is 2.36. The van der Waals surface area contributed by atoms with E-state index in [-0.39, 0.29) is 24.0 Å². The molecular weight excluding hydrogens is 543 g/mol. The van der Waals surface area contributed by atoms with E-state index in [2.05, 4.69) is 55.0 Å². The zero-order chi connectivity index (χ0) is 20.9. The molecule has 0 radical (unpaired) electrons. The maximum absolute atomic E-state index is 6.32. The molecule has 3 unspecified atom stereocenters. The van der Waals surface area contributed by atoms with Gasteiger partial charge in [0, 0.05) is 49.8 Å². The van der Waals surface area contributed by atoms with Crippen molar-refractivity contribution in [1.29, 1.82) is 0 Å². The molecule has 3 atom stereocenters. The van der Waals surface area contributed by atoms with E-state index in [1.54, 1.807) is 6.20 Å². The molecule has 0 aliphatic carbocycles. The minimum absolute atomic E-state index is 0. The summed E-state index contributed by atoms with van der Waals surface area (Å²) >= 11 is 8.19. The molecule has 0 saturated carbocycles. The van der Waals surface area contributed by atoms with Crippen LogP contribution in [0.1, 0.15) is 30.2 Å². The van der Waals surface area contributed by atoms with Crippen LogP contribution in [0.15, 0.2) is 40.8 Å². The Morgan fingerprint density at radius 1 is 1.29 bits per heavy atom. The van der Waals surface area contributed by atoms with Crippen LogP contribution in [0.25, 0.3) is 0 Å². The average molecular weight is 575 g/mol. The van der Waals surface area contributed by atoms with Gasteiger partial charge in [0.2, 0.25) is 0 Å². The highest BCUT2D eigenvalue weighted by molar-refractivity contribution is 14.0. The number of piperidine rings is 1. The number of pyridine rings is 1. The number of nitrogens with one attached hydrogen (secondary N) is 2. The Hall–Kier alpha value is -1.10. The summed E-state index contributed by atoms with van der Waals surface area (Å²) in [4.78, 5) is 15.1. The number of nitrogens with zero attached hydrogens (tertiary/aromatic N) is 4. The van der Waals surface area contributed by atoms with Crippen molar-refractivity contribution in [3.63, 3.8) is 0 Å². The second kappa shape index (κ2) is 11.7. The minimum Gasteiger partial charge on any atom is -0.356 e. The van der Waals surface area contributed by atoms with Crippen molar-refractivity contribution in [2.24, 2.45) is 10.9 Å². The van der Waals surface area contributed by atoms with Crippen molar-refractivity contribution in [3.05, 3.63) is 45.7 Å². The molecule has 0 aromatic carbocycles. The zero-order valence-electron chi connectivity index (χ0n) is 18.1. The third kappa shape index (κ3) is 6.03. The molecule has 4 rings (SSSR count). The van der Waals surface area contributed by atoms with Gasteiger partial charge in [0.05, 0.1) is 5.02 Å². The van der Waals surface area contributed by atoms with Gasteiger partial charge in [-0.3, -0.25) is 9.89 Å². The first-order chi connectivity index (χ1) is 14.7. The van der Waals surface area contributed by atoms with Gasteiger partial charge in [-0.1, -0.05) is 17.7 Å². The lowest BCUT2D eigenvalue weighted by atomic mass is 9.88. The van der Waals surface area contributed by atoms with E-state index >= 15 is 0 Å². The second-order valence-corrected chi connectivity index (χ2v) is 9.57. The van der Waals surface area contributed by atoms with E-state index in [4.69, 9.17) is 11.6 Å². The van der Waals surface area contributed by atoms with E-state index in [1.807, 2.05) is 30.5 Å². The van der Waals surface area contributed by atoms with Gasteiger partial charge in [-0.25, -0.2) is 4.98 Å². The van der Waals surface area contributed by atoms with Crippen LogP contribution in [0.3, 0.4) is 0 Å². The van der Waals surface area contributed by atoms with Gasteiger partial charge >= 0.3 is 0 Å². The maximum atomic E-state index is 6.32. The lowest BCUT2D eigenvalue weighted by molar-refractivity contribution is 0.125. The Balaban J connectivity index is 0.00000272. The van der Waals surface area contributed by atoms with Crippen LogP contribution in [0, 0.1) is 5.92 Å². The standard InChI is InChI=1S/C22H31ClN6S.HI/c1-24-22(27-17-9-12-29(15-17)21-18(23)7-3-10-25-21)26-14-16-6-4-11-28(2)20(16)19-8-5-13-30-19;/h3,5,7-8,10,13,16-17,20H,4,6,9,11-12,14-15H2,1-2H3,(H2,24,26,27);1H. The van der Waals surface area contributed by atoms with Gasteiger partial charge in [0.25, 0.3) is 0 Å². The van der Waals surface area contributed by atoms with E-state index in [9.17, 15) is 0 Å². The van der Waals surface area contributed by atoms with Gasteiger partial charge < -0.3 is 15.5 Å². The van der Waals surface area contributed by atoms with Crippen LogP contribution in [0.5, 0.6) is 0 Å². The van der Waals surface area contributed by atoms with Crippen molar-refractivity contribution < 1.29 is 0 Å². The molecule has 4 heterocycles. The van der Waals surface area contributed by atoms with Crippen LogP contribution in [-0.2, 0) is 0 Å². The lowest BCUT2D eigenvalue weighted by Crippen LogP contribution is -2.48. The number of aromatic nitrogens is 1. The summed E-state index contributed by atoms with van der Waals surface area (Å²) in [6.45, 7) is 3.91. The molecule has 0 amide bonds. The fourth-order valence-electron chi connectivity index (χ4n) is 4.68. The number of likely N-dealkylation sites (tertiary alicyclic amines) is 1. The number of hydrogen-bond donors (Lipinski definition) is 2. The molecule has 2 saturated heterocycles. The van der Waals surface area contributed by atoms with Gasteiger partial charge in [-0.05, 0) is 62.4 Å². The number of halogens is 2. The SMILES string of the molecule is CN=C(NCC1CCCN(C)C1c1cccs1)NC1CCN(c2ncccc2Cl)C1.I. The quantitative estimate of drug-likeness (QED) is 0.318. The Morgan fingerprint density at radius 3 is 2.90 bits per heavy atom. The van der Waals surface area contributed by atoms with Crippen LogP contribution < -0.4 is 15.5 Å². The summed E-state index contributed by atoms with van der Waals surface area (Å²) in [6, 6.07) is 9.01. The first-order valence-corrected chi connectivity index (χ1v) is 12.0. The van der Waals surface area contributed by atoms with Crippen molar-refractivity contribution in [3.8, 4) is 0 Å². The van der Waals surface area contributed by atoms with E-state index in [1.165, 1.54) is 24.3 Å². The molecule has 2 aromatic heterocycles. The van der Waals surface area contributed by atoms with Crippen LogP contribution in [0.4, 0.5) is 5.82 Å². The summed E-state index contributed by atoms with van der Waals surface area (Å²) in [5, 5.41) is 10.1. The fraction of sp³-hybridized carbons (Fsp3) is 0.545. The van der Waals surface area contributed by atoms with E-state index < -0.39 is 0 Å². The van der Waals surface area contributed by atoms with Crippen molar-refractivity contribution in [1.82, 2.24) is 20.5 Å². The van der Waals surface area contributed by atoms with Crippen LogP contribution >= 0.6 is 46.9 Å². The highest BCUT2D eigenvalue weighted by Gasteiger charge is 2.31. The number of aliphatic imine (C=N–C) groups is 1. The molecule has 2 aliphatic heterocycles. The minimum atomic E-state index is 0. The Bertz CT molecular complexity index is 848. The Morgan fingerprint density at radius 2 is 2.16 bits per heavy atom. The second-order valence-electron chi connectivity index (χ2n) is 8.18. The zero-order valence-corrected chi connectivity index (χ0v) is 22.0. The predicted molar refractivity (Wildman–Crippen MR) is 142 cm³/mol. The summed E-state index contributed by atoms with van der Waals surface area (Å²) in [5.74, 6) is 2.33. The highest BCUT2D eigenvalue weighted by atomic mass is 127. The molecule has 0 bridgehead atoms. The summed E-state index contributed by atoms with van der Waals surface area (Å²) in [5.41, 5.74) is 0. The Kier molecular flexibility index (Phi) is 9.24. The molecule has 31 heavy (non-hydrogen) atoms. The number of rotatable bonds is 5. The number of hydrogen-bond acceptors (Lipinski definition) is 5. The average Bonchev–Trinajstić information content (AvgIpc) is 3.44. The number of anilines is 1. The fourth-order valence-corrected chi connectivity index (χ4v) is 5.90. The van der Waals surface area contributed by atoms with Gasteiger partial charge in [0.15, 0.2) is 5.96 Å². The van der Waals surface area contributed by atoms with E-state index in [0.717, 1.165) is 37.8 Å². The monoisotopic (exact) mass is 574 g/mol. The van der Waals surface area contributed by atoms with Crippen molar-refractivity contribution in [2.45, 2.75) is 31.3 Å². The van der Waals surface area contributed by atoms with E-state index in [0.29, 0.717) is 23.0 Å². The molecule has 9 heteroatoms. The number of guanidine groups is 1. The molecule has 0 spiro atoms. The number of thiophene rings is 1. The van der Waals surface area contributed by atoms with Gasteiger partial charge in [-0.2, -0.15) is 0 Å². The first kappa shape index (κ1) is 24.5. The van der Waals surface area contributed by atoms with Gasteiger partial charge in [0.1, 0.15) is 5.82 Å². The normalized spacial score (nSPS) is 24.7. The third-order valence-corrected chi connectivity index (χ3v) is 7.40. The summed E-state index contributed by atoms with van der Waals surface area (Å²) in [7, 11) is 4.10. The molecular formula is C22H32ClIN6S. The van der Waals surface area contributed by atoms with Crippen molar-refractivity contribution in [2.75, 3.05) is 45.2 Å². The first-order valence-electron chi connectivity index (χ1n) is 10.7. The largest absolute Gasteiger partial charge is 0.356 e. The Labute approximate surface area is 211 Å². The molecule has 170 valence electrons.